The van der Waals surface area contributed by atoms with E-state index >= 15 is 0 Å². The fourth-order valence-electron chi connectivity index (χ4n) is 2.94. The van der Waals surface area contributed by atoms with E-state index in [1.165, 1.54) is 23.9 Å². The summed E-state index contributed by atoms with van der Waals surface area (Å²) in [5.41, 5.74) is 2.54. The Bertz CT molecular complexity index is 1190. The van der Waals surface area contributed by atoms with Crippen LogP contribution in [0, 0.1) is 0 Å². The van der Waals surface area contributed by atoms with Gasteiger partial charge in [-0.25, -0.2) is 0 Å². The van der Waals surface area contributed by atoms with Gasteiger partial charge in [0.2, 0.25) is 0 Å². The van der Waals surface area contributed by atoms with E-state index < -0.39 is 5.91 Å². The molecule has 0 saturated carbocycles. The molecule has 9 heteroatoms. The highest BCUT2D eigenvalue weighted by atomic mass is 35.5. The molecule has 4 rings (SSSR count). The van der Waals surface area contributed by atoms with Crippen molar-refractivity contribution in [1.82, 2.24) is 10.3 Å². The molecule has 2 aromatic carbocycles. The molecule has 2 amide bonds. The quantitative estimate of drug-likeness (QED) is 0.552. The topological polar surface area (TPSA) is 83.5 Å². The summed E-state index contributed by atoms with van der Waals surface area (Å²) in [5, 5.41) is 6.83. The lowest BCUT2D eigenvalue weighted by Crippen LogP contribution is -2.27. The van der Waals surface area contributed by atoms with Gasteiger partial charge in [-0.1, -0.05) is 41.0 Å². The van der Waals surface area contributed by atoms with Crippen molar-refractivity contribution in [3.63, 3.8) is 0 Å². The molecular formula is C22H16Cl2N4O2S. The number of rotatable bonds is 4. The number of anilines is 1. The minimum atomic E-state index is -0.401. The largest absolute Gasteiger partial charge is 0.322 e. The van der Waals surface area contributed by atoms with Gasteiger partial charge >= 0.3 is 0 Å². The first-order chi connectivity index (χ1) is 15.0. The van der Waals surface area contributed by atoms with Crippen molar-refractivity contribution in [1.29, 1.82) is 0 Å². The SMILES string of the molecule is O=C(NC1=NCCS1)c1ccc(C(=O)Nc2ccc(Cl)c(-c3ccccn3)c2)c(Cl)c1. The van der Waals surface area contributed by atoms with Gasteiger partial charge in [-0.05, 0) is 48.5 Å². The van der Waals surface area contributed by atoms with Crippen LogP contribution >= 0.6 is 35.0 Å². The van der Waals surface area contributed by atoms with E-state index in [1.54, 1.807) is 30.5 Å². The average Bonchev–Trinajstić information content (AvgIpc) is 3.28. The standard InChI is InChI=1S/C22H16Cl2N4O2S/c23-17-7-5-14(12-16(17)19-3-1-2-8-25-19)27-21(30)15-6-4-13(11-18(15)24)20(29)28-22-26-9-10-31-22/h1-8,11-12H,9-10H2,(H,27,30)(H,26,28,29). The van der Waals surface area contributed by atoms with Crippen molar-refractivity contribution in [2.75, 3.05) is 17.6 Å². The number of nitrogens with zero attached hydrogens (tertiary/aromatic N) is 2. The van der Waals surface area contributed by atoms with Crippen LogP contribution in [0.3, 0.4) is 0 Å². The highest BCUT2D eigenvalue weighted by Gasteiger charge is 2.17. The second kappa shape index (κ2) is 9.51. The van der Waals surface area contributed by atoms with Gasteiger partial charge in [0.05, 0.1) is 27.8 Å². The van der Waals surface area contributed by atoms with Gasteiger partial charge in [0.1, 0.15) is 0 Å². The van der Waals surface area contributed by atoms with Crippen LogP contribution in [0.25, 0.3) is 11.3 Å². The number of hydrogen-bond acceptors (Lipinski definition) is 5. The van der Waals surface area contributed by atoms with E-state index in [1.807, 2.05) is 18.2 Å². The summed E-state index contributed by atoms with van der Waals surface area (Å²) >= 11 is 14.1. The number of carbonyl (C=O) groups excluding carboxylic acids is 2. The molecule has 2 N–H and O–H groups in total. The molecule has 0 unspecified atom stereocenters. The van der Waals surface area contributed by atoms with Gasteiger partial charge in [-0.15, -0.1) is 0 Å². The number of thioether (sulfide) groups is 1. The normalized spacial score (nSPS) is 12.9. The van der Waals surface area contributed by atoms with Crippen LogP contribution < -0.4 is 10.6 Å². The monoisotopic (exact) mass is 470 g/mol. The van der Waals surface area contributed by atoms with Gasteiger partial charge in [-0.3, -0.25) is 19.6 Å². The van der Waals surface area contributed by atoms with Crippen molar-refractivity contribution < 1.29 is 9.59 Å². The number of halogens is 2. The number of aliphatic imine (C=N–C) groups is 1. The summed E-state index contributed by atoms with van der Waals surface area (Å²) in [6.07, 6.45) is 1.67. The van der Waals surface area contributed by atoms with Gasteiger partial charge < -0.3 is 10.6 Å². The Morgan fingerprint density at radius 2 is 1.81 bits per heavy atom. The number of pyridine rings is 1. The average molecular weight is 471 g/mol. The third-order valence-electron chi connectivity index (χ3n) is 4.45. The minimum absolute atomic E-state index is 0.171. The molecule has 2 heterocycles. The molecule has 156 valence electrons. The summed E-state index contributed by atoms with van der Waals surface area (Å²) in [4.78, 5) is 33.6. The predicted molar refractivity (Wildman–Crippen MR) is 126 cm³/mol. The van der Waals surface area contributed by atoms with Crippen LogP contribution in [0.15, 0.2) is 65.8 Å². The Morgan fingerprint density at radius 1 is 0.935 bits per heavy atom. The van der Waals surface area contributed by atoms with Crippen molar-refractivity contribution in [3.8, 4) is 11.3 Å². The fraction of sp³-hybridized carbons (Fsp3) is 0.0909. The Balaban J connectivity index is 1.50. The zero-order valence-electron chi connectivity index (χ0n) is 16.1. The number of amides is 2. The highest BCUT2D eigenvalue weighted by molar-refractivity contribution is 8.14. The number of hydrogen-bond donors (Lipinski definition) is 2. The molecule has 0 fully saturated rings. The van der Waals surface area contributed by atoms with Gasteiger partial charge in [-0.2, -0.15) is 0 Å². The molecule has 0 bridgehead atoms. The Labute approximate surface area is 193 Å². The maximum atomic E-state index is 12.8. The van der Waals surface area contributed by atoms with Crippen LogP contribution in [-0.2, 0) is 0 Å². The second-order valence-corrected chi connectivity index (χ2v) is 8.45. The molecule has 0 spiro atoms. The third-order valence-corrected chi connectivity index (χ3v) is 5.98. The fourth-order valence-corrected chi connectivity index (χ4v) is 4.14. The Morgan fingerprint density at radius 3 is 2.52 bits per heavy atom. The zero-order valence-corrected chi connectivity index (χ0v) is 18.4. The highest BCUT2D eigenvalue weighted by Crippen LogP contribution is 2.29. The molecule has 6 nitrogen and oxygen atoms in total. The molecule has 0 radical (unpaired) electrons. The van der Waals surface area contributed by atoms with Crippen molar-refractivity contribution in [2.24, 2.45) is 4.99 Å². The molecule has 3 aromatic rings. The Kier molecular flexibility index (Phi) is 6.56. The van der Waals surface area contributed by atoms with E-state index in [4.69, 9.17) is 23.2 Å². The molecule has 0 atom stereocenters. The van der Waals surface area contributed by atoms with E-state index in [0.717, 1.165) is 5.75 Å². The number of aromatic nitrogens is 1. The third kappa shape index (κ3) is 5.07. The molecule has 31 heavy (non-hydrogen) atoms. The minimum Gasteiger partial charge on any atom is -0.322 e. The summed E-state index contributed by atoms with van der Waals surface area (Å²) < 4.78 is 0. The van der Waals surface area contributed by atoms with E-state index in [-0.39, 0.29) is 16.5 Å². The zero-order chi connectivity index (χ0) is 21.8. The van der Waals surface area contributed by atoms with Crippen LogP contribution in [0.2, 0.25) is 10.0 Å². The van der Waals surface area contributed by atoms with Crippen molar-refractivity contribution in [2.45, 2.75) is 0 Å². The van der Waals surface area contributed by atoms with E-state index in [9.17, 15) is 9.59 Å². The lowest BCUT2D eigenvalue weighted by molar-refractivity contribution is 0.0975. The number of nitrogens with one attached hydrogen (secondary N) is 2. The van der Waals surface area contributed by atoms with Crippen LogP contribution in [0.4, 0.5) is 5.69 Å². The molecular weight excluding hydrogens is 455 g/mol. The molecule has 1 aliphatic heterocycles. The predicted octanol–water partition coefficient (Wildman–Crippen LogP) is 5.14. The van der Waals surface area contributed by atoms with Crippen molar-refractivity contribution >= 4 is 57.6 Å². The van der Waals surface area contributed by atoms with Gasteiger partial charge in [0.15, 0.2) is 5.17 Å². The number of carbonyl (C=O) groups is 2. The van der Waals surface area contributed by atoms with E-state index in [2.05, 4.69) is 20.6 Å². The van der Waals surface area contributed by atoms with Crippen LogP contribution in [0.5, 0.6) is 0 Å². The summed E-state index contributed by atoms with van der Waals surface area (Å²) in [5.74, 6) is 0.129. The van der Waals surface area contributed by atoms with Crippen molar-refractivity contribution in [3.05, 3.63) is 82.0 Å². The van der Waals surface area contributed by atoms with Crippen LogP contribution in [-0.4, -0.2) is 34.3 Å². The van der Waals surface area contributed by atoms with Crippen LogP contribution in [0.1, 0.15) is 20.7 Å². The first-order valence-corrected chi connectivity index (χ1v) is 11.1. The maximum absolute atomic E-state index is 12.8. The number of benzene rings is 2. The first kappa shape index (κ1) is 21.4. The maximum Gasteiger partial charge on any atom is 0.257 e. The molecule has 0 saturated heterocycles. The number of amidine groups is 1. The summed E-state index contributed by atoms with van der Waals surface area (Å²) in [6.45, 7) is 0.687. The van der Waals surface area contributed by atoms with Gasteiger partial charge in [0.25, 0.3) is 11.8 Å². The lowest BCUT2D eigenvalue weighted by atomic mass is 10.1. The van der Waals surface area contributed by atoms with Gasteiger partial charge in [0, 0.05) is 28.8 Å². The lowest BCUT2D eigenvalue weighted by Gasteiger charge is -2.11. The molecule has 1 aliphatic rings. The Hall–Kier alpha value is -2.87. The molecule has 0 aliphatic carbocycles. The first-order valence-electron chi connectivity index (χ1n) is 9.32. The second-order valence-electron chi connectivity index (χ2n) is 6.55. The summed E-state index contributed by atoms with van der Waals surface area (Å²) in [7, 11) is 0. The smallest absolute Gasteiger partial charge is 0.257 e. The summed E-state index contributed by atoms with van der Waals surface area (Å²) in [6, 6.07) is 15.2. The van der Waals surface area contributed by atoms with E-state index in [0.29, 0.717) is 39.2 Å². The molecule has 1 aromatic heterocycles.